The van der Waals surface area contributed by atoms with Crippen LogP contribution in [0, 0.1) is 0 Å². The number of carbonyl (C=O) groups excluding carboxylic acids is 1. The van der Waals surface area contributed by atoms with Gasteiger partial charge < -0.3 is 14.3 Å². The van der Waals surface area contributed by atoms with Crippen LogP contribution in [0.5, 0.6) is 5.95 Å². The number of hydrogen-bond donors (Lipinski definition) is 2. The van der Waals surface area contributed by atoms with E-state index in [-0.39, 0.29) is 25.1 Å². The molecule has 0 saturated heterocycles. The average Bonchev–Trinajstić information content (AvgIpc) is 2.51. The summed E-state index contributed by atoms with van der Waals surface area (Å²) in [5.41, 5.74) is 0.190. The predicted octanol–water partition coefficient (Wildman–Crippen LogP) is 0.335. The second kappa shape index (κ2) is 5.04. The normalized spacial score (nSPS) is 9.87. The van der Waals surface area contributed by atoms with Gasteiger partial charge in [0.1, 0.15) is 12.3 Å². The first-order valence-corrected chi connectivity index (χ1v) is 4.31. The van der Waals surface area contributed by atoms with E-state index in [9.17, 15) is 9.59 Å². The molecule has 0 saturated carbocycles. The van der Waals surface area contributed by atoms with E-state index in [0.29, 0.717) is 0 Å². The molecule has 0 aromatic carbocycles. The van der Waals surface area contributed by atoms with Crippen molar-refractivity contribution in [3.05, 3.63) is 28.9 Å². The number of hydrogen-bond acceptors (Lipinski definition) is 5. The lowest BCUT2D eigenvalue weighted by Crippen LogP contribution is -2.06. The van der Waals surface area contributed by atoms with Crippen LogP contribution in [0.25, 0.3) is 0 Å². The minimum atomic E-state index is -0.748. The Balaban J connectivity index is 2.43. The van der Waals surface area contributed by atoms with Gasteiger partial charge in [0, 0.05) is 6.42 Å². The second-order valence-electron chi connectivity index (χ2n) is 2.77. The Kier molecular flexibility index (Phi) is 3.73. The minimum absolute atomic E-state index is 0.0525. The van der Waals surface area contributed by atoms with Gasteiger partial charge in [-0.15, -0.1) is 0 Å². The number of carbonyl (C=O) groups is 1. The third kappa shape index (κ3) is 3.34. The first-order valence-electron chi connectivity index (χ1n) is 4.31. The Morgan fingerprint density at radius 1 is 1.67 bits per heavy atom. The molecular weight excluding hydrogens is 202 g/mol. The third-order valence-corrected chi connectivity index (χ3v) is 1.64. The topological polar surface area (TPSA) is 92.5 Å². The third-order valence-electron chi connectivity index (χ3n) is 1.64. The highest BCUT2D eigenvalue weighted by atomic mass is 16.5. The van der Waals surface area contributed by atoms with Crippen LogP contribution in [0.15, 0.2) is 21.9 Å². The van der Waals surface area contributed by atoms with E-state index in [1.54, 1.807) is 0 Å². The fourth-order valence-corrected chi connectivity index (χ4v) is 0.972. The van der Waals surface area contributed by atoms with Gasteiger partial charge >= 0.3 is 17.7 Å². The van der Waals surface area contributed by atoms with Crippen LogP contribution in [0.3, 0.4) is 0 Å². The summed E-state index contributed by atoms with van der Waals surface area (Å²) in [6, 6.07) is 0. The molecule has 1 heterocycles. The molecule has 1 aromatic heterocycles. The van der Waals surface area contributed by atoms with Gasteiger partial charge in [-0.3, -0.25) is 9.78 Å². The van der Waals surface area contributed by atoms with E-state index in [1.165, 1.54) is 6.08 Å². The molecule has 0 aliphatic heterocycles. The molecule has 0 atom stereocenters. The molecule has 0 aliphatic rings. The summed E-state index contributed by atoms with van der Waals surface area (Å²) in [5, 5.41) is 9.05. The lowest BCUT2D eigenvalue weighted by molar-refractivity contribution is -0.142. The molecular formula is C9H11NO5. The second-order valence-corrected chi connectivity index (χ2v) is 2.77. The standard InChI is InChI=1S/C9H11NO5/c1-2-5-14-7(11)4-3-6-8(12)15-9(13)10-6/h2,12H,1,3-5H2,(H,10,13). The number of H-pyrrole nitrogens is 1. The van der Waals surface area contributed by atoms with Crippen molar-refractivity contribution in [2.75, 3.05) is 6.61 Å². The van der Waals surface area contributed by atoms with Crippen LogP contribution >= 0.6 is 0 Å². The smallest absolute Gasteiger partial charge is 0.419 e. The Labute approximate surface area is 85.2 Å². The van der Waals surface area contributed by atoms with Gasteiger partial charge in [0.2, 0.25) is 0 Å². The maximum atomic E-state index is 11.0. The summed E-state index contributed by atoms with van der Waals surface area (Å²) >= 11 is 0. The molecule has 0 amide bonds. The zero-order chi connectivity index (χ0) is 11.3. The fraction of sp³-hybridized carbons (Fsp3) is 0.333. The molecule has 0 aliphatic carbocycles. The van der Waals surface area contributed by atoms with Crippen LogP contribution in [0.2, 0.25) is 0 Å². The van der Waals surface area contributed by atoms with Gasteiger partial charge in [0.05, 0.1) is 6.42 Å². The summed E-state index contributed by atoms with van der Waals surface area (Å²) in [5.74, 6) is -1.67. The Bertz CT molecular complexity index is 403. The molecule has 1 rings (SSSR count). The van der Waals surface area contributed by atoms with Crippen LogP contribution in [0.4, 0.5) is 0 Å². The van der Waals surface area contributed by atoms with Crippen molar-refractivity contribution in [2.24, 2.45) is 0 Å². The van der Waals surface area contributed by atoms with Gasteiger partial charge in [-0.2, -0.15) is 0 Å². The lowest BCUT2D eigenvalue weighted by atomic mass is 10.2. The van der Waals surface area contributed by atoms with E-state index in [2.05, 4.69) is 16.0 Å². The minimum Gasteiger partial charge on any atom is -0.479 e. The van der Waals surface area contributed by atoms with Crippen molar-refractivity contribution in [1.82, 2.24) is 4.98 Å². The number of ether oxygens (including phenoxy) is 1. The molecule has 6 nitrogen and oxygen atoms in total. The zero-order valence-corrected chi connectivity index (χ0v) is 7.99. The van der Waals surface area contributed by atoms with Gasteiger partial charge in [-0.25, -0.2) is 4.79 Å². The molecule has 0 spiro atoms. The number of aromatic nitrogens is 1. The van der Waals surface area contributed by atoms with E-state index < -0.39 is 17.7 Å². The summed E-state index contributed by atoms with van der Waals surface area (Å²) in [6.45, 7) is 3.53. The molecule has 0 radical (unpaired) electrons. The molecule has 0 unspecified atom stereocenters. The van der Waals surface area contributed by atoms with E-state index in [0.717, 1.165) is 0 Å². The molecule has 15 heavy (non-hydrogen) atoms. The summed E-state index contributed by atoms with van der Waals surface area (Å²) < 4.78 is 9.00. The zero-order valence-electron chi connectivity index (χ0n) is 7.99. The van der Waals surface area contributed by atoms with Gasteiger partial charge in [-0.1, -0.05) is 12.7 Å². The van der Waals surface area contributed by atoms with E-state index in [4.69, 9.17) is 9.84 Å². The Morgan fingerprint density at radius 3 is 2.93 bits per heavy atom. The largest absolute Gasteiger partial charge is 0.479 e. The number of aryl methyl sites for hydroxylation is 1. The summed E-state index contributed by atoms with van der Waals surface area (Å²) in [4.78, 5) is 23.9. The highest BCUT2D eigenvalue weighted by Gasteiger charge is 2.10. The summed E-state index contributed by atoms with van der Waals surface area (Å²) in [6.07, 6.45) is 1.67. The maximum Gasteiger partial charge on any atom is 0.419 e. The molecule has 0 bridgehead atoms. The van der Waals surface area contributed by atoms with Gasteiger partial charge in [0.25, 0.3) is 0 Å². The number of nitrogens with one attached hydrogen (secondary N) is 1. The van der Waals surface area contributed by atoms with Crippen LogP contribution in [-0.2, 0) is 16.0 Å². The van der Waals surface area contributed by atoms with Gasteiger partial charge in [0.15, 0.2) is 0 Å². The number of esters is 1. The predicted molar refractivity (Wildman–Crippen MR) is 50.5 cm³/mol. The highest BCUT2D eigenvalue weighted by molar-refractivity contribution is 5.69. The highest BCUT2D eigenvalue weighted by Crippen LogP contribution is 2.13. The molecule has 6 heteroatoms. The molecule has 0 fully saturated rings. The number of rotatable bonds is 5. The SMILES string of the molecule is C=CCOC(=O)CCc1[nH]c(=O)oc1O. The first-order chi connectivity index (χ1) is 7.13. The summed E-state index contributed by atoms with van der Waals surface area (Å²) in [7, 11) is 0. The Morgan fingerprint density at radius 2 is 2.40 bits per heavy atom. The van der Waals surface area contributed by atoms with Crippen molar-refractivity contribution in [3.63, 3.8) is 0 Å². The first kappa shape index (κ1) is 11.1. The molecule has 1 aromatic rings. The van der Waals surface area contributed by atoms with Crippen LogP contribution in [-0.4, -0.2) is 22.7 Å². The fourth-order valence-electron chi connectivity index (χ4n) is 0.972. The lowest BCUT2D eigenvalue weighted by Gasteiger charge is -1.99. The van der Waals surface area contributed by atoms with Gasteiger partial charge in [-0.05, 0) is 0 Å². The van der Waals surface area contributed by atoms with Crippen molar-refractivity contribution >= 4 is 5.97 Å². The van der Waals surface area contributed by atoms with E-state index >= 15 is 0 Å². The maximum absolute atomic E-state index is 11.0. The number of aromatic hydroxyl groups is 1. The number of aromatic amines is 1. The van der Waals surface area contributed by atoms with Crippen molar-refractivity contribution < 1.29 is 19.1 Å². The van der Waals surface area contributed by atoms with Crippen LogP contribution < -0.4 is 5.76 Å². The number of oxazole rings is 1. The average molecular weight is 213 g/mol. The van der Waals surface area contributed by atoms with Crippen LogP contribution in [0.1, 0.15) is 12.1 Å². The van der Waals surface area contributed by atoms with Crippen molar-refractivity contribution in [3.8, 4) is 5.95 Å². The quantitative estimate of drug-likeness (QED) is 0.543. The van der Waals surface area contributed by atoms with Crippen molar-refractivity contribution in [1.29, 1.82) is 0 Å². The monoisotopic (exact) mass is 213 g/mol. The molecule has 2 N–H and O–H groups in total. The Hall–Kier alpha value is -1.98. The van der Waals surface area contributed by atoms with Crippen molar-refractivity contribution in [2.45, 2.75) is 12.8 Å². The molecule has 82 valence electrons. The van der Waals surface area contributed by atoms with E-state index in [1.807, 2.05) is 0 Å².